The van der Waals surface area contributed by atoms with Gasteiger partial charge in [-0.1, -0.05) is 37.3 Å². The van der Waals surface area contributed by atoms with Gasteiger partial charge in [-0.25, -0.2) is 8.42 Å². The minimum atomic E-state index is -3.74. The maximum atomic E-state index is 13.2. The number of aryl methyl sites for hydroxylation is 2. The molecule has 2 aromatic rings. The summed E-state index contributed by atoms with van der Waals surface area (Å²) in [5, 5.41) is 10.0. The van der Waals surface area contributed by atoms with Crippen LogP contribution in [0.25, 0.3) is 0 Å². The second-order valence-corrected chi connectivity index (χ2v) is 7.53. The monoisotopic (exact) mass is 333 g/mol. The van der Waals surface area contributed by atoms with Crippen LogP contribution in [0.3, 0.4) is 0 Å². The second kappa shape index (κ2) is 7.15. The van der Waals surface area contributed by atoms with E-state index in [4.69, 9.17) is 0 Å². The predicted octanol–water partition coefficient (Wildman–Crippen LogP) is 3.27. The summed E-state index contributed by atoms with van der Waals surface area (Å²) < 4.78 is 27.6. The summed E-state index contributed by atoms with van der Waals surface area (Å²) in [7, 11) is -3.74. The van der Waals surface area contributed by atoms with Crippen molar-refractivity contribution < 1.29 is 13.5 Å². The Morgan fingerprint density at radius 3 is 2.35 bits per heavy atom. The number of aliphatic hydroxyl groups is 1. The zero-order valence-corrected chi connectivity index (χ0v) is 14.5. The normalized spacial score (nSPS) is 12.9. The quantitative estimate of drug-likeness (QED) is 0.882. The van der Waals surface area contributed by atoms with Gasteiger partial charge in [0, 0.05) is 0 Å². The van der Waals surface area contributed by atoms with Crippen molar-refractivity contribution in [3.8, 4) is 0 Å². The highest BCUT2D eigenvalue weighted by Gasteiger charge is 2.28. The van der Waals surface area contributed by atoms with Crippen LogP contribution >= 0.6 is 0 Å². The summed E-state index contributed by atoms with van der Waals surface area (Å²) in [6.07, 6.45) is -0.221. The van der Waals surface area contributed by atoms with Gasteiger partial charge in [-0.3, -0.25) is 4.31 Å². The molecule has 0 heterocycles. The maximum absolute atomic E-state index is 13.2. The molecule has 0 aromatic heterocycles. The van der Waals surface area contributed by atoms with Gasteiger partial charge in [0.25, 0.3) is 10.0 Å². The molecule has 0 bridgehead atoms. The Morgan fingerprint density at radius 2 is 1.74 bits per heavy atom. The zero-order chi connectivity index (χ0) is 17.0. The lowest BCUT2D eigenvalue weighted by Gasteiger charge is -2.27. The highest BCUT2D eigenvalue weighted by Crippen LogP contribution is 2.26. The van der Waals surface area contributed by atoms with E-state index in [9.17, 15) is 13.5 Å². The number of hydrogen-bond acceptors (Lipinski definition) is 3. The van der Waals surface area contributed by atoms with E-state index in [1.807, 2.05) is 32.0 Å². The van der Waals surface area contributed by atoms with Crippen LogP contribution in [0.1, 0.15) is 24.5 Å². The third-order valence-electron chi connectivity index (χ3n) is 3.80. The number of rotatable bonds is 6. The number of hydrogen-bond donors (Lipinski definition) is 1. The first-order valence-corrected chi connectivity index (χ1v) is 9.13. The molecular formula is C18H23NO3S. The minimum Gasteiger partial charge on any atom is -0.391 e. The number of anilines is 1. The molecule has 2 rings (SSSR count). The van der Waals surface area contributed by atoms with E-state index in [2.05, 4.69) is 0 Å². The van der Waals surface area contributed by atoms with Gasteiger partial charge in [-0.05, 0) is 49.6 Å². The molecule has 0 unspecified atom stereocenters. The fraction of sp³-hybridized carbons (Fsp3) is 0.333. The fourth-order valence-electron chi connectivity index (χ4n) is 2.36. The lowest BCUT2D eigenvalue weighted by atomic mass is 10.2. The molecule has 0 amide bonds. The molecule has 0 radical (unpaired) electrons. The van der Waals surface area contributed by atoms with Crippen LogP contribution in [-0.4, -0.2) is 26.2 Å². The molecule has 0 fully saturated rings. The zero-order valence-electron chi connectivity index (χ0n) is 13.7. The van der Waals surface area contributed by atoms with Gasteiger partial charge in [0.1, 0.15) is 0 Å². The van der Waals surface area contributed by atoms with Crippen LogP contribution in [0.15, 0.2) is 53.4 Å². The Hall–Kier alpha value is -1.85. The van der Waals surface area contributed by atoms with E-state index < -0.39 is 16.1 Å². The average Bonchev–Trinajstić information content (AvgIpc) is 2.55. The standard InChI is InChI=1S/C18H23NO3S/c1-4-17(20)13-19(16-8-6-5-7-9-16)23(21,22)18-12-14(2)10-11-15(18)3/h5-12,17,20H,4,13H2,1-3H3/t17-/m0/s1. The lowest BCUT2D eigenvalue weighted by Crippen LogP contribution is -2.37. The predicted molar refractivity (Wildman–Crippen MR) is 93.2 cm³/mol. The molecule has 1 N–H and O–H groups in total. The van der Waals surface area contributed by atoms with E-state index in [1.165, 1.54) is 4.31 Å². The summed E-state index contributed by atoms with van der Waals surface area (Å²) in [5.41, 5.74) is 2.14. The Bertz CT molecular complexity index is 757. The molecule has 0 saturated carbocycles. The van der Waals surface area contributed by atoms with Gasteiger partial charge in [0.15, 0.2) is 0 Å². The molecule has 2 aromatic carbocycles. The van der Waals surface area contributed by atoms with Crippen molar-refractivity contribution in [3.63, 3.8) is 0 Å². The highest BCUT2D eigenvalue weighted by molar-refractivity contribution is 7.92. The fourth-order valence-corrected chi connectivity index (χ4v) is 4.18. The summed E-state index contributed by atoms with van der Waals surface area (Å²) in [6, 6.07) is 14.3. The maximum Gasteiger partial charge on any atom is 0.264 e. The molecule has 0 spiro atoms. The number of sulfonamides is 1. The first kappa shape index (κ1) is 17.5. The van der Waals surface area contributed by atoms with Crippen molar-refractivity contribution in [1.82, 2.24) is 0 Å². The van der Waals surface area contributed by atoms with Gasteiger partial charge in [0.05, 0.1) is 23.2 Å². The van der Waals surface area contributed by atoms with Crippen LogP contribution in [-0.2, 0) is 10.0 Å². The molecule has 5 heteroatoms. The molecule has 0 aliphatic rings. The van der Waals surface area contributed by atoms with Gasteiger partial charge >= 0.3 is 0 Å². The number of para-hydroxylation sites is 1. The van der Waals surface area contributed by atoms with E-state index >= 15 is 0 Å². The molecule has 0 aliphatic heterocycles. The molecule has 0 saturated heterocycles. The van der Waals surface area contributed by atoms with Gasteiger partial charge in [-0.2, -0.15) is 0 Å². The van der Waals surface area contributed by atoms with Crippen LogP contribution in [0.2, 0.25) is 0 Å². The largest absolute Gasteiger partial charge is 0.391 e. The van der Waals surface area contributed by atoms with Crippen LogP contribution < -0.4 is 4.31 Å². The van der Waals surface area contributed by atoms with E-state index in [-0.39, 0.29) is 11.4 Å². The smallest absolute Gasteiger partial charge is 0.264 e. The molecule has 23 heavy (non-hydrogen) atoms. The van der Waals surface area contributed by atoms with E-state index in [1.54, 1.807) is 37.3 Å². The number of nitrogens with zero attached hydrogens (tertiary/aromatic N) is 1. The molecule has 1 atom stereocenters. The summed E-state index contributed by atoms with van der Waals surface area (Å²) >= 11 is 0. The Kier molecular flexibility index (Phi) is 5.44. The number of benzene rings is 2. The second-order valence-electron chi connectivity index (χ2n) is 5.70. The third kappa shape index (κ3) is 3.92. The van der Waals surface area contributed by atoms with Crippen molar-refractivity contribution in [2.45, 2.75) is 38.2 Å². The topological polar surface area (TPSA) is 57.6 Å². The van der Waals surface area contributed by atoms with Crippen LogP contribution in [0.5, 0.6) is 0 Å². The van der Waals surface area contributed by atoms with Crippen molar-refractivity contribution in [3.05, 3.63) is 59.7 Å². The van der Waals surface area contributed by atoms with Gasteiger partial charge in [0.2, 0.25) is 0 Å². The van der Waals surface area contributed by atoms with Gasteiger partial charge < -0.3 is 5.11 Å². The minimum absolute atomic E-state index is 0.0379. The number of aliphatic hydroxyl groups excluding tert-OH is 1. The average molecular weight is 333 g/mol. The Labute approximate surface area is 138 Å². The van der Waals surface area contributed by atoms with Crippen molar-refractivity contribution in [1.29, 1.82) is 0 Å². The Balaban J connectivity index is 2.55. The molecular weight excluding hydrogens is 310 g/mol. The van der Waals surface area contributed by atoms with Gasteiger partial charge in [-0.15, -0.1) is 0 Å². The summed E-state index contributed by atoms with van der Waals surface area (Å²) in [6.45, 7) is 5.52. The third-order valence-corrected chi connectivity index (χ3v) is 5.74. The van der Waals surface area contributed by atoms with Crippen LogP contribution in [0.4, 0.5) is 5.69 Å². The SMILES string of the molecule is CC[C@H](O)CN(c1ccccc1)S(=O)(=O)c1cc(C)ccc1C. The summed E-state index contributed by atoms with van der Waals surface area (Å²) in [5.74, 6) is 0. The van der Waals surface area contributed by atoms with Crippen LogP contribution in [0, 0.1) is 13.8 Å². The molecule has 124 valence electrons. The summed E-state index contributed by atoms with van der Waals surface area (Å²) in [4.78, 5) is 0.282. The van der Waals surface area contributed by atoms with Crippen molar-refractivity contribution in [2.24, 2.45) is 0 Å². The molecule has 0 aliphatic carbocycles. The first-order chi connectivity index (χ1) is 10.9. The van der Waals surface area contributed by atoms with Crippen molar-refractivity contribution in [2.75, 3.05) is 10.8 Å². The van der Waals surface area contributed by atoms with Crippen molar-refractivity contribution >= 4 is 15.7 Å². The Morgan fingerprint density at radius 1 is 1.09 bits per heavy atom. The van der Waals surface area contributed by atoms with E-state index in [0.29, 0.717) is 17.7 Å². The lowest BCUT2D eigenvalue weighted by molar-refractivity contribution is 0.179. The first-order valence-electron chi connectivity index (χ1n) is 7.69. The highest BCUT2D eigenvalue weighted by atomic mass is 32.2. The van der Waals surface area contributed by atoms with E-state index in [0.717, 1.165) is 5.56 Å². The molecule has 4 nitrogen and oxygen atoms in total.